The molecule has 1 rings (SSSR count). The molecule has 0 aliphatic heterocycles. The van der Waals surface area contributed by atoms with Crippen molar-refractivity contribution in [3.05, 3.63) is 48.2 Å². The van der Waals surface area contributed by atoms with Gasteiger partial charge in [-0.05, 0) is 19.1 Å². The van der Waals surface area contributed by atoms with Crippen molar-refractivity contribution in [1.29, 1.82) is 0 Å². The molecule has 1 unspecified atom stereocenters. The Labute approximate surface area is 117 Å². The molecule has 0 aromatic heterocycles. The van der Waals surface area contributed by atoms with Gasteiger partial charge in [0.1, 0.15) is 0 Å². The minimum atomic E-state index is -1.40. The standard InChI is InChI=1S/C15H17NO4/c1-11(17)14(13(18)9-10-16(2)3)20-15(19)12-7-5-4-6-8-12/h4-10,14H,1-3H3/b10-9-. The Morgan fingerprint density at radius 2 is 1.75 bits per heavy atom. The molecule has 0 fully saturated rings. The van der Waals surface area contributed by atoms with E-state index in [1.165, 1.54) is 19.2 Å². The molecule has 0 heterocycles. The fourth-order valence-electron chi connectivity index (χ4n) is 1.40. The molecule has 0 spiro atoms. The van der Waals surface area contributed by atoms with Crippen LogP contribution in [-0.2, 0) is 14.3 Å². The zero-order chi connectivity index (χ0) is 15.1. The maximum absolute atomic E-state index is 11.8. The van der Waals surface area contributed by atoms with Crippen LogP contribution in [0.15, 0.2) is 42.6 Å². The van der Waals surface area contributed by atoms with E-state index < -0.39 is 23.6 Å². The Morgan fingerprint density at radius 3 is 2.25 bits per heavy atom. The van der Waals surface area contributed by atoms with Crippen molar-refractivity contribution in [3.8, 4) is 0 Å². The molecule has 0 N–H and O–H groups in total. The topological polar surface area (TPSA) is 63.7 Å². The van der Waals surface area contributed by atoms with E-state index in [9.17, 15) is 14.4 Å². The smallest absolute Gasteiger partial charge is 0.339 e. The Bertz CT molecular complexity index is 520. The summed E-state index contributed by atoms with van der Waals surface area (Å²) >= 11 is 0. The predicted molar refractivity (Wildman–Crippen MR) is 74.2 cm³/mol. The van der Waals surface area contributed by atoms with Crippen LogP contribution in [0.4, 0.5) is 0 Å². The average Bonchev–Trinajstić information content (AvgIpc) is 2.42. The van der Waals surface area contributed by atoms with Crippen LogP contribution >= 0.6 is 0 Å². The summed E-state index contributed by atoms with van der Waals surface area (Å²) in [5.41, 5.74) is 0.295. The van der Waals surface area contributed by atoms with Gasteiger partial charge in [-0.25, -0.2) is 4.79 Å². The molecule has 20 heavy (non-hydrogen) atoms. The lowest BCUT2D eigenvalue weighted by Gasteiger charge is -2.12. The number of hydrogen-bond acceptors (Lipinski definition) is 5. The van der Waals surface area contributed by atoms with Crippen LogP contribution in [-0.4, -0.2) is 42.6 Å². The van der Waals surface area contributed by atoms with Crippen LogP contribution < -0.4 is 0 Å². The van der Waals surface area contributed by atoms with Gasteiger partial charge in [-0.2, -0.15) is 0 Å². The summed E-state index contributed by atoms with van der Waals surface area (Å²) in [5.74, 6) is -1.77. The van der Waals surface area contributed by atoms with E-state index in [1.807, 2.05) is 0 Å². The SMILES string of the molecule is CC(=O)C(OC(=O)c1ccccc1)C(=O)/C=C\N(C)C. The largest absolute Gasteiger partial charge is 0.442 e. The number of carbonyl (C=O) groups excluding carboxylic acids is 3. The maximum atomic E-state index is 11.8. The van der Waals surface area contributed by atoms with Crippen molar-refractivity contribution in [3.63, 3.8) is 0 Å². The monoisotopic (exact) mass is 275 g/mol. The fourth-order valence-corrected chi connectivity index (χ4v) is 1.40. The van der Waals surface area contributed by atoms with Crippen molar-refractivity contribution in [2.75, 3.05) is 14.1 Å². The van der Waals surface area contributed by atoms with Crippen LogP contribution in [0.25, 0.3) is 0 Å². The van der Waals surface area contributed by atoms with Gasteiger partial charge in [-0.15, -0.1) is 0 Å². The number of hydrogen-bond donors (Lipinski definition) is 0. The third kappa shape index (κ3) is 4.68. The quantitative estimate of drug-likeness (QED) is 0.446. The Hall–Kier alpha value is -2.43. The Morgan fingerprint density at radius 1 is 1.15 bits per heavy atom. The van der Waals surface area contributed by atoms with E-state index >= 15 is 0 Å². The van der Waals surface area contributed by atoms with Crippen molar-refractivity contribution in [1.82, 2.24) is 4.90 Å². The van der Waals surface area contributed by atoms with E-state index in [4.69, 9.17) is 4.74 Å². The third-order valence-electron chi connectivity index (χ3n) is 2.40. The molecule has 0 bridgehead atoms. The molecular weight excluding hydrogens is 258 g/mol. The van der Waals surface area contributed by atoms with Crippen molar-refractivity contribution in [2.45, 2.75) is 13.0 Å². The first-order chi connectivity index (χ1) is 9.41. The van der Waals surface area contributed by atoms with E-state index in [2.05, 4.69) is 0 Å². The molecule has 5 nitrogen and oxygen atoms in total. The minimum Gasteiger partial charge on any atom is -0.442 e. The second kappa shape index (κ2) is 7.23. The van der Waals surface area contributed by atoms with Crippen LogP contribution in [0.5, 0.6) is 0 Å². The summed E-state index contributed by atoms with van der Waals surface area (Å²) in [7, 11) is 3.48. The first kappa shape index (κ1) is 15.6. The molecule has 0 aliphatic carbocycles. The first-order valence-electron chi connectivity index (χ1n) is 6.06. The van der Waals surface area contributed by atoms with Gasteiger partial charge in [0.15, 0.2) is 5.78 Å². The lowest BCUT2D eigenvalue weighted by molar-refractivity contribution is -0.135. The Balaban J connectivity index is 2.81. The van der Waals surface area contributed by atoms with Crippen LogP contribution in [0.2, 0.25) is 0 Å². The lowest BCUT2D eigenvalue weighted by Crippen LogP contribution is -2.32. The average molecular weight is 275 g/mol. The maximum Gasteiger partial charge on any atom is 0.339 e. The number of Topliss-reactive ketones (excluding diaryl/α,β-unsaturated/α-hetero) is 1. The number of benzene rings is 1. The molecule has 0 radical (unpaired) electrons. The van der Waals surface area contributed by atoms with Gasteiger partial charge >= 0.3 is 5.97 Å². The van der Waals surface area contributed by atoms with Gasteiger partial charge < -0.3 is 9.64 Å². The highest BCUT2D eigenvalue weighted by Gasteiger charge is 2.26. The zero-order valence-corrected chi connectivity index (χ0v) is 11.7. The van der Waals surface area contributed by atoms with Crippen molar-refractivity contribution in [2.24, 2.45) is 0 Å². The van der Waals surface area contributed by atoms with Crippen LogP contribution in [0.3, 0.4) is 0 Å². The minimum absolute atomic E-state index is 0.295. The van der Waals surface area contributed by atoms with Gasteiger partial charge in [-0.1, -0.05) is 18.2 Å². The fraction of sp³-hybridized carbons (Fsp3) is 0.267. The highest BCUT2D eigenvalue weighted by Crippen LogP contribution is 2.06. The van der Waals surface area contributed by atoms with E-state index in [0.717, 1.165) is 0 Å². The van der Waals surface area contributed by atoms with Gasteiger partial charge in [0.2, 0.25) is 11.9 Å². The summed E-state index contributed by atoms with van der Waals surface area (Å²) in [6, 6.07) is 8.21. The molecule has 1 atom stereocenters. The predicted octanol–water partition coefficient (Wildman–Crippen LogP) is 1.45. The normalized spacial score (nSPS) is 11.9. The third-order valence-corrected chi connectivity index (χ3v) is 2.40. The molecule has 0 amide bonds. The van der Waals surface area contributed by atoms with E-state index in [1.54, 1.807) is 49.3 Å². The molecule has 5 heteroatoms. The van der Waals surface area contributed by atoms with E-state index in [0.29, 0.717) is 5.56 Å². The number of carbonyl (C=O) groups is 3. The second-order valence-corrected chi connectivity index (χ2v) is 4.44. The van der Waals surface area contributed by atoms with Gasteiger partial charge in [0.25, 0.3) is 0 Å². The number of rotatable bonds is 6. The van der Waals surface area contributed by atoms with Crippen molar-refractivity contribution >= 4 is 17.5 Å². The Kier molecular flexibility index (Phi) is 5.65. The van der Waals surface area contributed by atoms with Gasteiger partial charge in [-0.3, -0.25) is 9.59 Å². The van der Waals surface area contributed by atoms with Crippen LogP contribution in [0.1, 0.15) is 17.3 Å². The number of ketones is 2. The summed E-state index contributed by atoms with van der Waals surface area (Å²) in [5, 5.41) is 0. The molecule has 1 aromatic carbocycles. The molecule has 0 saturated heterocycles. The van der Waals surface area contributed by atoms with Crippen molar-refractivity contribution < 1.29 is 19.1 Å². The van der Waals surface area contributed by atoms with Gasteiger partial charge in [0.05, 0.1) is 5.56 Å². The van der Waals surface area contributed by atoms with Gasteiger partial charge in [0, 0.05) is 26.4 Å². The molecular formula is C15H17NO4. The molecule has 1 aromatic rings. The molecule has 0 saturated carbocycles. The highest BCUT2D eigenvalue weighted by atomic mass is 16.5. The van der Waals surface area contributed by atoms with E-state index in [-0.39, 0.29) is 0 Å². The highest BCUT2D eigenvalue weighted by molar-refractivity contribution is 6.11. The number of nitrogens with zero attached hydrogens (tertiary/aromatic N) is 1. The number of esters is 1. The van der Waals surface area contributed by atoms with Crippen LogP contribution in [0, 0.1) is 0 Å². The number of ether oxygens (including phenoxy) is 1. The summed E-state index contributed by atoms with van der Waals surface area (Å²) in [4.78, 5) is 36.8. The first-order valence-corrected chi connectivity index (χ1v) is 6.06. The summed E-state index contributed by atoms with van der Waals surface area (Å²) in [6.07, 6.45) is 1.30. The zero-order valence-electron chi connectivity index (χ0n) is 11.7. The lowest BCUT2D eigenvalue weighted by atomic mass is 10.1. The summed E-state index contributed by atoms with van der Waals surface area (Å²) in [6.45, 7) is 1.21. The molecule has 106 valence electrons. The second-order valence-electron chi connectivity index (χ2n) is 4.44. The molecule has 0 aliphatic rings. The summed E-state index contributed by atoms with van der Waals surface area (Å²) < 4.78 is 4.98.